The van der Waals surface area contributed by atoms with Crippen molar-refractivity contribution in [2.45, 2.75) is 39.8 Å². The number of esters is 1. The molecule has 2 aromatic rings. The van der Waals surface area contributed by atoms with Crippen LogP contribution in [0.1, 0.15) is 41.8 Å². The first-order chi connectivity index (χ1) is 15.7. The number of hydrogen-bond donors (Lipinski definition) is 0. The molecule has 0 saturated carbocycles. The van der Waals surface area contributed by atoms with Crippen LogP contribution in [0.25, 0.3) is 0 Å². The van der Waals surface area contributed by atoms with Gasteiger partial charge in [-0.2, -0.15) is 0 Å². The summed E-state index contributed by atoms with van der Waals surface area (Å²) in [6, 6.07) is 14.2. The number of sulfone groups is 1. The molecule has 0 bridgehead atoms. The van der Waals surface area contributed by atoms with Crippen LogP contribution in [0.4, 0.5) is 0 Å². The molecule has 1 heterocycles. The van der Waals surface area contributed by atoms with Crippen LogP contribution in [0.15, 0.2) is 48.5 Å². The van der Waals surface area contributed by atoms with Gasteiger partial charge in [-0.1, -0.05) is 50.2 Å². The molecular weight excluding hydrogens is 442 g/mol. The molecule has 1 aliphatic rings. The normalized spacial score (nSPS) is 17.0. The maximum Gasteiger partial charge on any atom is 0.342 e. The Morgan fingerprint density at radius 3 is 2.45 bits per heavy atom. The fourth-order valence-corrected chi connectivity index (χ4v) is 5.58. The highest BCUT2D eigenvalue weighted by molar-refractivity contribution is 7.91. The standard InChI is InChI=1S/C25H31NO6S/c1-18(2)14-26(21-12-13-33(29,30)17-21)24(27)16-32-25(28)22-10-6-7-11-23(22)31-15-20-9-5-4-8-19(20)3/h4-11,18,21H,12-17H2,1-3H3. The summed E-state index contributed by atoms with van der Waals surface area (Å²) in [7, 11) is -3.14. The molecule has 0 N–H and O–H groups in total. The molecule has 0 aromatic heterocycles. The van der Waals surface area contributed by atoms with Gasteiger partial charge in [0, 0.05) is 12.6 Å². The minimum Gasteiger partial charge on any atom is -0.488 e. The van der Waals surface area contributed by atoms with Crippen LogP contribution in [0.3, 0.4) is 0 Å². The Balaban J connectivity index is 1.64. The number of hydrogen-bond acceptors (Lipinski definition) is 6. The fourth-order valence-electron chi connectivity index (χ4n) is 3.85. The third-order valence-corrected chi connectivity index (χ3v) is 7.36. The van der Waals surface area contributed by atoms with Gasteiger partial charge in [0.1, 0.15) is 17.9 Å². The molecule has 1 fully saturated rings. The summed E-state index contributed by atoms with van der Waals surface area (Å²) in [5.74, 6) is -0.493. The Bertz CT molecular complexity index is 1100. The molecule has 0 radical (unpaired) electrons. The van der Waals surface area contributed by atoms with Crippen LogP contribution in [0.5, 0.6) is 5.75 Å². The number of carbonyl (C=O) groups is 2. The number of carbonyl (C=O) groups excluding carboxylic acids is 2. The number of rotatable bonds is 9. The second kappa shape index (κ2) is 10.8. The van der Waals surface area contributed by atoms with Gasteiger partial charge in [0.2, 0.25) is 0 Å². The van der Waals surface area contributed by atoms with Crippen molar-refractivity contribution >= 4 is 21.7 Å². The SMILES string of the molecule is Cc1ccccc1COc1ccccc1C(=O)OCC(=O)N(CC(C)C)C1CCS(=O)(=O)C1. The Morgan fingerprint density at radius 2 is 1.79 bits per heavy atom. The van der Waals surface area contributed by atoms with Gasteiger partial charge in [-0.15, -0.1) is 0 Å². The van der Waals surface area contributed by atoms with Gasteiger partial charge in [0.25, 0.3) is 5.91 Å². The number of amides is 1. The smallest absolute Gasteiger partial charge is 0.342 e. The van der Waals surface area contributed by atoms with Crippen LogP contribution >= 0.6 is 0 Å². The van der Waals surface area contributed by atoms with Crippen molar-refractivity contribution in [2.75, 3.05) is 24.7 Å². The van der Waals surface area contributed by atoms with Gasteiger partial charge in [0.05, 0.1) is 11.5 Å². The first-order valence-electron chi connectivity index (χ1n) is 11.1. The lowest BCUT2D eigenvalue weighted by atomic mass is 10.1. The van der Waals surface area contributed by atoms with Crippen LogP contribution in [-0.2, 0) is 26.0 Å². The Kier molecular flexibility index (Phi) is 8.13. The van der Waals surface area contributed by atoms with Gasteiger partial charge in [-0.25, -0.2) is 13.2 Å². The molecule has 7 nitrogen and oxygen atoms in total. The number of aryl methyl sites for hydroxylation is 1. The summed E-state index contributed by atoms with van der Waals surface area (Å²) in [4.78, 5) is 27.2. The molecule has 1 aliphatic heterocycles. The van der Waals surface area contributed by atoms with Crippen molar-refractivity contribution in [3.05, 3.63) is 65.2 Å². The van der Waals surface area contributed by atoms with Crippen molar-refractivity contribution in [1.82, 2.24) is 4.90 Å². The quantitative estimate of drug-likeness (QED) is 0.519. The van der Waals surface area contributed by atoms with E-state index in [2.05, 4.69) is 0 Å². The summed E-state index contributed by atoms with van der Waals surface area (Å²) in [6.07, 6.45) is 0.407. The minimum absolute atomic E-state index is 0.0466. The summed E-state index contributed by atoms with van der Waals surface area (Å²) in [5, 5.41) is 0. The van der Waals surface area contributed by atoms with E-state index in [1.54, 1.807) is 29.2 Å². The molecule has 0 spiro atoms. The molecule has 33 heavy (non-hydrogen) atoms. The molecule has 1 unspecified atom stereocenters. The number of ether oxygens (including phenoxy) is 2. The van der Waals surface area contributed by atoms with Crippen molar-refractivity contribution in [3.8, 4) is 5.75 Å². The van der Waals surface area contributed by atoms with E-state index in [4.69, 9.17) is 9.47 Å². The molecule has 8 heteroatoms. The Morgan fingerprint density at radius 1 is 1.09 bits per heavy atom. The molecule has 2 aromatic carbocycles. The zero-order valence-corrected chi connectivity index (χ0v) is 20.1. The first-order valence-corrected chi connectivity index (χ1v) is 12.9. The van der Waals surface area contributed by atoms with E-state index in [9.17, 15) is 18.0 Å². The predicted molar refractivity (Wildman–Crippen MR) is 126 cm³/mol. The highest BCUT2D eigenvalue weighted by Gasteiger charge is 2.35. The van der Waals surface area contributed by atoms with Crippen LogP contribution < -0.4 is 4.74 Å². The largest absolute Gasteiger partial charge is 0.488 e. The zero-order valence-electron chi connectivity index (χ0n) is 19.3. The third kappa shape index (κ3) is 6.81. The van der Waals surface area contributed by atoms with Crippen molar-refractivity contribution < 1.29 is 27.5 Å². The van der Waals surface area contributed by atoms with Crippen molar-refractivity contribution in [2.24, 2.45) is 5.92 Å². The maximum atomic E-state index is 12.9. The maximum absolute atomic E-state index is 12.9. The lowest BCUT2D eigenvalue weighted by molar-refractivity contribution is -0.137. The topological polar surface area (TPSA) is 90.0 Å². The van der Waals surface area contributed by atoms with E-state index in [1.807, 2.05) is 45.0 Å². The zero-order chi connectivity index (χ0) is 24.0. The highest BCUT2D eigenvalue weighted by Crippen LogP contribution is 2.22. The predicted octanol–water partition coefficient (Wildman–Crippen LogP) is 3.40. The molecule has 178 valence electrons. The van der Waals surface area contributed by atoms with Gasteiger partial charge < -0.3 is 14.4 Å². The second-order valence-electron chi connectivity index (χ2n) is 8.78. The van der Waals surface area contributed by atoms with Gasteiger partial charge in [-0.05, 0) is 42.5 Å². The van der Waals surface area contributed by atoms with Gasteiger partial charge in [0.15, 0.2) is 16.4 Å². The van der Waals surface area contributed by atoms with E-state index in [0.29, 0.717) is 25.3 Å². The minimum atomic E-state index is -3.14. The highest BCUT2D eigenvalue weighted by atomic mass is 32.2. The number of nitrogens with zero attached hydrogens (tertiary/aromatic N) is 1. The first kappa shape index (κ1) is 24.8. The molecule has 1 atom stereocenters. The summed E-state index contributed by atoms with van der Waals surface area (Å²) in [6.45, 7) is 6.16. The molecule has 0 aliphatic carbocycles. The third-order valence-electron chi connectivity index (χ3n) is 5.61. The number of para-hydroxylation sites is 1. The van der Waals surface area contributed by atoms with Gasteiger partial charge in [-0.3, -0.25) is 4.79 Å². The molecular formula is C25H31NO6S. The van der Waals surface area contributed by atoms with Crippen LogP contribution in [0.2, 0.25) is 0 Å². The summed E-state index contributed by atoms with van der Waals surface area (Å²) in [5.41, 5.74) is 2.33. The van der Waals surface area contributed by atoms with Crippen LogP contribution in [0, 0.1) is 12.8 Å². The molecule has 3 rings (SSSR count). The summed E-state index contributed by atoms with van der Waals surface area (Å²) < 4.78 is 35.0. The molecule has 1 saturated heterocycles. The monoisotopic (exact) mass is 473 g/mol. The van der Waals surface area contributed by atoms with Crippen molar-refractivity contribution in [3.63, 3.8) is 0 Å². The number of benzene rings is 2. The van der Waals surface area contributed by atoms with Crippen LogP contribution in [-0.4, -0.2) is 55.9 Å². The van der Waals surface area contributed by atoms with E-state index in [0.717, 1.165) is 11.1 Å². The Hall–Kier alpha value is -2.87. The van der Waals surface area contributed by atoms with E-state index >= 15 is 0 Å². The lowest BCUT2D eigenvalue weighted by Crippen LogP contribution is -2.45. The molecule has 1 amide bonds. The van der Waals surface area contributed by atoms with E-state index in [1.165, 1.54) is 0 Å². The van der Waals surface area contributed by atoms with Crippen molar-refractivity contribution in [1.29, 1.82) is 0 Å². The summed E-state index contributed by atoms with van der Waals surface area (Å²) >= 11 is 0. The average molecular weight is 474 g/mol. The van der Waals surface area contributed by atoms with E-state index < -0.39 is 28.3 Å². The average Bonchev–Trinajstić information content (AvgIpc) is 3.14. The lowest BCUT2D eigenvalue weighted by Gasteiger charge is -2.29. The second-order valence-corrected chi connectivity index (χ2v) is 11.0. The Labute approximate surface area is 195 Å². The van der Waals surface area contributed by atoms with E-state index in [-0.39, 0.29) is 29.0 Å². The van der Waals surface area contributed by atoms with Gasteiger partial charge >= 0.3 is 5.97 Å². The fraction of sp³-hybridized carbons (Fsp3) is 0.440.